The van der Waals surface area contributed by atoms with Crippen LogP contribution in [-0.2, 0) is 11.2 Å². The van der Waals surface area contributed by atoms with E-state index in [2.05, 4.69) is 18.9 Å². The number of carbonyl (C=O) groups is 1. The van der Waals surface area contributed by atoms with Crippen LogP contribution in [0, 0.1) is 0 Å². The van der Waals surface area contributed by atoms with E-state index in [1.54, 1.807) is 14.2 Å². The second kappa shape index (κ2) is 8.38. The molecule has 0 aliphatic carbocycles. The van der Waals surface area contributed by atoms with Crippen molar-refractivity contribution in [3.05, 3.63) is 23.8 Å². The van der Waals surface area contributed by atoms with Gasteiger partial charge in [-0.3, -0.25) is 4.79 Å². The highest BCUT2D eigenvalue weighted by Gasteiger charge is 2.27. The lowest BCUT2D eigenvalue weighted by molar-refractivity contribution is -0.133. The van der Waals surface area contributed by atoms with E-state index in [1.807, 2.05) is 30.1 Å². The van der Waals surface area contributed by atoms with E-state index in [4.69, 9.17) is 9.47 Å². The molecule has 1 saturated heterocycles. The zero-order valence-corrected chi connectivity index (χ0v) is 15.5. The number of aryl methyl sites for hydroxylation is 1. The molecule has 5 nitrogen and oxygen atoms in total. The highest BCUT2D eigenvalue weighted by atomic mass is 16.5. The van der Waals surface area contributed by atoms with Gasteiger partial charge < -0.3 is 19.3 Å². The van der Waals surface area contributed by atoms with Gasteiger partial charge in [-0.25, -0.2) is 0 Å². The third-order valence-electron chi connectivity index (χ3n) is 5.22. The molecule has 5 heteroatoms. The van der Waals surface area contributed by atoms with Gasteiger partial charge in [-0.1, -0.05) is 0 Å². The smallest absolute Gasteiger partial charge is 0.222 e. The summed E-state index contributed by atoms with van der Waals surface area (Å²) in [5.74, 6) is 1.79. The number of carbonyl (C=O) groups excluding carboxylic acids is 1. The summed E-state index contributed by atoms with van der Waals surface area (Å²) in [5, 5.41) is 0. The number of likely N-dealkylation sites (tertiary alicyclic amines) is 1. The lowest BCUT2D eigenvalue weighted by atomic mass is 9.97. The maximum Gasteiger partial charge on any atom is 0.222 e. The molecule has 0 spiro atoms. The summed E-state index contributed by atoms with van der Waals surface area (Å²) < 4.78 is 10.7. The molecule has 1 aromatic carbocycles. The van der Waals surface area contributed by atoms with Gasteiger partial charge in [0.1, 0.15) is 11.5 Å². The molecule has 0 N–H and O–H groups in total. The summed E-state index contributed by atoms with van der Waals surface area (Å²) in [7, 11) is 7.39. The van der Waals surface area contributed by atoms with Gasteiger partial charge in [-0.2, -0.15) is 0 Å². The lowest BCUT2D eigenvalue weighted by Gasteiger charge is -2.39. The monoisotopic (exact) mass is 334 g/mol. The van der Waals surface area contributed by atoms with Crippen molar-refractivity contribution >= 4 is 5.91 Å². The van der Waals surface area contributed by atoms with Gasteiger partial charge in [-0.15, -0.1) is 0 Å². The van der Waals surface area contributed by atoms with Crippen LogP contribution in [0.25, 0.3) is 0 Å². The zero-order chi connectivity index (χ0) is 17.7. The predicted molar refractivity (Wildman–Crippen MR) is 95.8 cm³/mol. The van der Waals surface area contributed by atoms with Crippen molar-refractivity contribution in [3.8, 4) is 11.5 Å². The average molecular weight is 334 g/mol. The molecule has 24 heavy (non-hydrogen) atoms. The Kier molecular flexibility index (Phi) is 6.49. The highest BCUT2D eigenvalue weighted by Crippen LogP contribution is 2.26. The molecule has 1 heterocycles. The van der Waals surface area contributed by atoms with Gasteiger partial charge in [0.15, 0.2) is 0 Å². The summed E-state index contributed by atoms with van der Waals surface area (Å²) in [6, 6.07) is 6.58. The molecule has 0 aromatic heterocycles. The third kappa shape index (κ3) is 4.41. The molecule has 1 aliphatic heterocycles. The van der Waals surface area contributed by atoms with Crippen LogP contribution in [0.3, 0.4) is 0 Å². The van der Waals surface area contributed by atoms with Crippen molar-refractivity contribution in [1.82, 2.24) is 9.80 Å². The lowest BCUT2D eigenvalue weighted by Crippen LogP contribution is -2.48. The van der Waals surface area contributed by atoms with Crippen LogP contribution in [0.15, 0.2) is 18.2 Å². The Morgan fingerprint density at radius 2 is 2.08 bits per heavy atom. The van der Waals surface area contributed by atoms with Gasteiger partial charge in [0.05, 0.1) is 14.2 Å². The van der Waals surface area contributed by atoms with E-state index in [9.17, 15) is 4.79 Å². The van der Waals surface area contributed by atoms with Crippen LogP contribution < -0.4 is 9.47 Å². The Bertz CT molecular complexity index is 562. The molecule has 1 aromatic rings. The number of hydrogen-bond acceptors (Lipinski definition) is 4. The van der Waals surface area contributed by atoms with E-state index in [-0.39, 0.29) is 5.91 Å². The fourth-order valence-corrected chi connectivity index (χ4v) is 3.32. The van der Waals surface area contributed by atoms with E-state index >= 15 is 0 Å². The Hall–Kier alpha value is -1.75. The maximum absolute atomic E-state index is 12.6. The Labute approximate surface area is 145 Å². The van der Waals surface area contributed by atoms with E-state index in [0.29, 0.717) is 24.9 Å². The molecular formula is C19H30N2O3. The number of piperidine rings is 1. The minimum atomic E-state index is 0.196. The van der Waals surface area contributed by atoms with Gasteiger partial charge >= 0.3 is 0 Å². The van der Waals surface area contributed by atoms with Crippen LogP contribution in [0.1, 0.15) is 31.7 Å². The van der Waals surface area contributed by atoms with Crippen molar-refractivity contribution in [2.75, 3.05) is 34.9 Å². The van der Waals surface area contributed by atoms with Crippen molar-refractivity contribution in [3.63, 3.8) is 0 Å². The van der Waals surface area contributed by atoms with Crippen LogP contribution in [0.2, 0.25) is 0 Å². The fraction of sp³-hybridized carbons (Fsp3) is 0.632. The van der Waals surface area contributed by atoms with Gasteiger partial charge in [0.2, 0.25) is 5.91 Å². The normalized spacial score (nSPS) is 21.4. The van der Waals surface area contributed by atoms with Crippen LogP contribution in [0.5, 0.6) is 11.5 Å². The molecule has 2 atom stereocenters. The van der Waals surface area contributed by atoms with E-state index in [0.717, 1.165) is 36.4 Å². The first-order chi connectivity index (χ1) is 11.5. The summed E-state index contributed by atoms with van der Waals surface area (Å²) in [6.45, 7) is 3.28. The Morgan fingerprint density at radius 1 is 1.33 bits per heavy atom. The van der Waals surface area contributed by atoms with Crippen LogP contribution >= 0.6 is 0 Å². The average Bonchev–Trinajstić information content (AvgIpc) is 2.60. The quantitative estimate of drug-likeness (QED) is 0.802. The molecule has 1 aliphatic rings. The Balaban J connectivity index is 1.95. The minimum Gasteiger partial charge on any atom is -0.497 e. The summed E-state index contributed by atoms with van der Waals surface area (Å²) in [6.07, 6.45) is 3.24. The summed E-state index contributed by atoms with van der Waals surface area (Å²) >= 11 is 0. The topological polar surface area (TPSA) is 42.0 Å². The second-order valence-corrected chi connectivity index (χ2v) is 6.69. The van der Waals surface area contributed by atoms with Crippen molar-refractivity contribution in [2.24, 2.45) is 0 Å². The summed E-state index contributed by atoms with van der Waals surface area (Å²) in [5.41, 5.74) is 1.01. The van der Waals surface area contributed by atoms with Crippen molar-refractivity contribution in [1.29, 1.82) is 0 Å². The standard InChI is InChI=1S/C19H30N2O3/c1-14-12-16(10-11-20(14)2)21(3)19(22)9-6-15-13-17(23-4)7-8-18(15)24-5/h7-8,13-14,16H,6,9-12H2,1-5H3/t14-,16-/m0/s1. The number of ether oxygens (including phenoxy) is 2. The highest BCUT2D eigenvalue weighted by molar-refractivity contribution is 5.76. The van der Waals surface area contributed by atoms with E-state index < -0.39 is 0 Å². The molecule has 1 fully saturated rings. The fourth-order valence-electron chi connectivity index (χ4n) is 3.32. The van der Waals surface area contributed by atoms with Gasteiger partial charge in [0.25, 0.3) is 0 Å². The van der Waals surface area contributed by atoms with Gasteiger partial charge in [-0.05, 0) is 57.0 Å². The first kappa shape index (κ1) is 18.6. The van der Waals surface area contributed by atoms with E-state index in [1.165, 1.54) is 0 Å². The van der Waals surface area contributed by atoms with Gasteiger partial charge in [0, 0.05) is 32.1 Å². The number of hydrogen-bond donors (Lipinski definition) is 0. The number of rotatable bonds is 6. The van der Waals surface area contributed by atoms with Crippen molar-refractivity contribution in [2.45, 2.75) is 44.7 Å². The first-order valence-electron chi connectivity index (χ1n) is 8.63. The Morgan fingerprint density at radius 3 is 2.71 bits per heavy atom. The number of nitrogens with zero attached hydrogens (tertiary/aromatic N) is 2. The molecule has 0 unspecified atom stereocenters. The predicted octanol–water partition coefficient (Wildman–Crippen LogP) is 2.58. The maximum atomic E-state index is 12.6. The molecule has 0 bridgehead atoms. The molecular weight excluding hydrogens is 304 g/mol. The molecule has 0 radical (unpaired) electrons. The second-order valence-electron chi connectivity index (χ2n) is 6.69. The zero-order valence-electron chi connectivity index (χ0n) is 15.5. The first-order valence-corrected chi connectivity index (χ1v) is 8.63. The molecule has 1 amide bonds. The number of amides is 1. The largest absolute Gasteiger partial charge is 0.497 e. The third-order valence-corrected chi connectivity index (χ3v) is 5.22. The number of methoxy groups -OCH3 is 2. The minimum absolute atomic E-state index is 0.196. The molecule has 2 rings (SSSR count). The SMILES string of the molecule is COc1ccc(OC)c(CCC(=O)N(C)[C@H]2CCN(C)[C@@H](C)C2)c1. The van der Waals surface area contributed by atoms with Crippen molar-refractivity contribution < 1.29 is 14.3 Å². The van der Waals surface area contributed by atoms with Crippen LogP contribution in [-0.4, -0.2) is 62.7 Å². The van der Waals surface area contributed by atoms with Crippen LogP contribution in [0.4, 0.5) is 0 Å². The molecule has 0 saturated carbocycles. The number of benzene rings is 1. The molecule has 134 valence electrons. The summed E-state index contributed by atoms with van der Waals surface area (Å²) in [4.78, 5) is 16.9.